The van der Waals surface area contributed by atoms with Crippen LogP contribution in [-0.4, -0.2) is 44.9 Å². The SMILES string of the molecule is COc1ccc(CCCN2CCC(CCCc3cc(Cl)c(N)c4c3OCCO4)CC2)cc1. The van der Waals surface area contributed by atoms with Crippen molar-refractivity contribution in [1.29, 1.82) is 0 Å². The molecular weight excluding hydrogens is 424 g/mol. The lowest BCUT2D eigenvalue weighted by Crippen LogP contribution is -2.34. The number of anilines is 1. The van der Waals surface area contributed by atoms with Crippen molar-refractivity contribution in [3.63, 3.8) is 0 Å². The van der Waals surface area contributed by atoms with E-state index in [9.17, 15) is 0 Å². The summed E-state index contributed by atoms with van der Waals surface area (Å²) in [7, 11) is 1.71. The van der Waals surface area contributed by atoms with Crippen molar-refractivity contribution < 1.29 is 14.2 Å². The molecule has 1 saturated heterocycles. The van der Waals surface area contributed by atoms with E-state index in [1.54, 1.807) is 7.11 Å². The van der Waals surface area contributed by atoms with E-state index in [1.165, 1.54) is 50.9 Å². The van der Waals surface area contributed by atoms with Crippen LogP contribution >= 0.6 is 11.6 Å². The van der Waals surface area contributed by atoms with Gasteiger partial charge >= 0.3 is 0 Å². The van der Waals surface area contributed by atoms with Gasteiger partial charge in [0, 0.05) is 0 Å². The van der Waals surface area contributed by atoms with Gasteiger partial charge in [0.15, 0.2) is 11.5 Å². The Bertz CT molecular complexity index is 880. The highest BCUT2D eigenvalue weighted by Gasteiger charge is 2.23. The number of ether oxygens (including phenoxy) is 3. The van der Waals surface area contributed by atoms with Crippen molar-refractivity contribution >= 4 is 17.3 Å². The summed E-state index contributed by atoms with van der Waals surface area (Å²) in [6.45, 7) is 4.71. The molecule has 0 spiro atoms. The lowest BCUT2D eigenvalue weighted by Gasteiger charge is -2.32. The second kappa shape index (κ2) is 11.2. The van der Waals surface area contributed by atoms with Crippen molar-refractivity contribution in [3.8, 4) is 17.2 Å². The molecule has 0 aromatic heterocycles. The van der Waals surface area contributed by atoms with Crippen LogP contribution in [0.5, 0.6) is 17.2 Å². The zero-order chi connectivity index (χ0) is 22.3. The lowest BCUT2D eigenvalue weighted by molar-refractivity contribution is 0.169. The van der Waals surface area contributed by atoms with E-state index in [-0.39, 0.29) is 0 Å². The van der Waals surface area contributed by atoms with Gasteiger partial charge in [0.1, 0.15) is 19.0 Å². The number of hydrogen-bond donors (Lipinski definition) is 1. The third-order valence-electron chi connectivity index (χ3n) is 6.74. The Labute approximate surface area is 196 Å². The van der Waals surface area contributed by atoms with E-state index in [2.05, 4.69) is 17.0 Å². The summed E-state index contributed by atoms with van der Waals surface area (Å²) >= 11 is 6.32. The number of nitrogens with two attached hydrogens (primary N) is 1. The minimum Gasteiger partial charge on any atom is -0.497 e. The van der Waals surface area contributed by atoms with E-state index in [0.29, 0.717) is 29.7 Å². The predicted molar refractivity (Wildman–Crippen MR) is 130 cm³/mol. The topological polar surface area (TPSA) is 57.0 Å². The summed E-state index contributed by atoms with van der Waals surface area (Å²) in [6.07, 6.45) is 8.26. The summed E-state index contributed by atoms with van der Waals surface area (Å²) in [6, 6.07) is 10.4. The number of aryl methyl sites for hydroxylation is 2. The Balaban J connectivity index is 1.16. The minimum absolute atomic E-state index is 0.490. The molecule has 2 aromatic carbocycles. The average Bonchev–Trinajstić information content (AvgIpc) is 2.83. The van der Waals surface area contributed by atoms with Crippen LogP contribution < -0.4 is 19.9 Å². The Morgan fingerprint density at radius 2 is 1.75 bits per heavy atom. The second-order valence-corrected chi connectivity index (χ2v) is 9.32. The third-order valence-corrected chi connectivity index (χ3v) is 7.05. The average molecular weight is 459 g/mol. The fourth-order valence-electron chi connectivity index (χ4n) is 4.83. The fraction of sp³-hybridized carbons (Fsp3) is 0.538. The standard InChI is InChI=1S/C26H35ClN2O3/c1-30-22-9-7-19(8-10-22)5-3-13-29-14-11-20(12-15-29)4-2-6-21-18-23(27)24(28)26-25(21)31-16-17-32-26/h7-10,18,20H,2-6,11-17,28H2,1H3. The first kappa shape index (κ1) is 23.1. The van der Waals surface area contributed by atoms with Gasteiger partial charge in [-0.1, -0.05) is 30.2 Å². The van der Waals surface area contributed by atoms with Crippen LogP contribution in [0.4, 0.5) is 5.69 Å². The van der Waals surface area contributed by atoms with Gasteiger partial charge in [0.05, 0.1) is 17.8 Å². The normalized spacial score (nSPS) is 16.8. The largest absolute Gasteiger partial charge is 0.497 e. The van der Waals surface area contributed by atoms with E-state index in [0.717, 1.165) is 42.2 Å². The van der Waals surface area contributed by atoms with Crippen LogP contribution in [0, 0.1) is 5.92 Å². The molecular formula is C26H35ClN2O3. The van der Waals surface area contributed by atoms with E-state index >= 15 is 0 Å². The number of methoxy groups -OCH3 is 1. The number of piperidine rings is 1. The summed E-state index contributed by atoms with van der Waals surface area (Å²) in [5, 5.41) is 0.562. The lowest BCUT2D eigenvalue weighted by atomic mass is 9.90. The number of rotatable bonds is 9. The molecule has 32 heavy (non-hydrogen) atoms. The maximum Gasteiger partial charge on any atom is 0.186 e. The highest BCUT2D eigenvalue weighted by Crippen LogP contribution is 2.44. The second-order valence-electron chi connectivity index (χ2n) is 8.92. The molecule has 174 valence electrons. The molecule has 2 heterocycles. The van der Waals surface area contributed by atoms with Gasteiger partial charge in [-0.2, -0.15) is 0 Å². The summed E-state index contributed by atoms with van der Waals surface area (Å²) < 4.78 is 16.8. The van der Waals surface area contributed by atoms with Gasteiger partial charge in [-0.05, 0) is 93.4 Å². The molecule has 0 saturated carbocycles. The van der Waals surface area contributed by atoms with Crippen LogP contribution in [0.2, 0.25) is 5.02 Å². The van der Waals surface area contributed by atoms with E-state index in [4.69, 9.17) is 31.5 Å². The molecule has 6 heteroatoms. The zero-order valence-corrected chi connectivity index (χ0v) is 19.8. The molecule has 0 radical (unpaired) electrons. The molecule has 2 aliphatic heterocycles. The van der Waals surface area contributed by atoms with Gasteiger partial charge in [-0.3, -0.25) is 0 Å². The molecule has 0 amide bonds. The zero-order valence-electron chi connectivity index (χ0n) is 19.1. The first-order valence-electron chi connectivity index (χ1n) is 11.9. The number of hydrogen-bond acceptors (Lipinski definition) is 5. The molecule has 0 aliphatic carbocycles. The number of benzene rings is 2. The van der Waals surface area contributed by atoms with Crippen molar-refractivity contribution in [2.45, 2.75) is 44.9 Å². The number of halogens is 1. The molecule has 5 nitrogen and oxygen atoms in total. The number of likely N-dealkylation sites (tertiary alicyclic amines) is 1. The van der Waals surface area contributed by atoms with E-state index < -0.39 is 0 Å². The van der Waals surface area contributed by atoms with Gasteiger partial charge < -0.3 is 24.8 Å². The van der Waals surface area contributed by atoms with Crippen LogP contribution in [0.3, 0.4) is 0 Å². The quantitative estimate of drug-likeness (QED) is 0.512. The van der Waals surface area contributed by atoms with Gasteiger partial charge in [0.2, 0.25) is 0 Å². The maximum absolute atomic E-state index is 6.32. The smallest absolute Gasteiger partial charge is 0.186 e. The number of nitrogen functional groups attached to an aromatic ring is 1. The fourth-order valence-corrected chi connectivity index (χ4v) is 5.04. The Kier molecular flexibility index (Phi) is 8.04. The molecule has 0 unspecified atom stereocenters. The van der Waals surface area contributed by atoms with Crippen LogP contribution in [0.1, 0.15) is 43.2 Å². The molecule has 2 aromatic rings. The summed E-state index contributed by atoms with van der Waals surface area (Å²) in [4.78, 5) is 2.63. The highest BCUT2D eigenvalue weighted by molar-refractivity contribution is 6.33. The molecule has 2 aliphatic rings. The molecule has 4 rings (SSSR count). The Hall–Kier alpha value is -2.11. The molecule has 0 atom stereocenters. The van der Waals surface area contributed by atoms with Crippen LogP contribution in [-0.2, 0) is 12.8 Å². The van der Waals surface area contributed by atoms with Gasteiger partial charge in [-0.15, -0.1) is 0 Å². The van der Waals surface area contributed by atoms with Gasteiger partial charge in [0.25, 0.3) is 0 Å². The number of nitrogens with zero attached hydrogens (tertiary/aromatic N) is 1. The van der Waals surface area contributed by atoms with Crippen molar-refractivity contribution in [1.82, 2.24) is 4.90 Å². The third kappa shape index (κ3) is 5.81. The summed E-state index contributed by atoms with van der Waals surface area (Å²) in [5.41, 5.74) is 9.06. The molecule has 0 bridgehead atoms. The Morgan fingerprint density at radius 1 is 1.03 bits per heavy atom. The first-order chi connectivity index (χ1) is 15.6. The molecule has 2 N–H and O–H groups in total. The predicted octanol–water partition coefficient (Wildman–Crippen LogP) is 5.37. The van der Waals surface area contributed by atoms with Crippen molar-refractivity contribution in [3.05, 3.63) is 46.5 Å². The highest BCUT2D eigenvalue weighted by atomic mass is 35.5. The van der Waals surface area contributed by atoms with Crippen molar-refractivity contribution in [2.24, 2.45) is 5.92 Å². The van der Waals surface area contributed by atoms with E-state index in [1.807, 2.05) is 18.2 Å². The van der Waals surface area contributed by atoms with Crippen LogP contribution in [0.25, 0.3) is 0 Å². The summed E-state index contributed by atoms with van der Waals surface area (Å²) in [5.74, 6) is 3.16. The first-order valence-corrected chi connectivity index (χ1v) is 12.2. The van der Waals surface area contributed by atoms with Gasteiger partial charge in [-0.25, -0.2) is 0 Å². The minimum atomic E-state index is 0.490. The van der Waals surface area contributed by atoms with Crippen molar-refractivity contribution in [2.75, 3.05) is 45.7 Å². The maximum atomic E-state index is 6.32. The molecule has 1 fully saturated rings. The Morgan fingerprint density at radius 3 is 2.47 bits per heavy atom. The number of fused-ring (bicyclic) bond motifs is 1. The monoisotopic (exact) mass is 458 g/mol. The van der Waals surface area contributed by atoms with Crippen LogP contribution in [0.15, 0.2) is 30.3 Å².